The molecule has 4 aromatic rings. The maximum atomic E-state index is 16.4. The number of hydrogen-bond acceptors (Lipinski definition) is 16. The predicted molar refractivity (Wildman–Crippen MR) is 179 cm³/mol. The average molecular weight is 794 g/mol. The zero-order valence-corrected chi connectivity index (χ0v) is 30.0. The molecule has 3 fully saturated rings. The van der Waals surface area contributed by atoms with Gasteiger partial charge in [-0.15, -0.1) is 11.8 Å². The van der Waals surface area contributed by atoms with E-state index in [0.717, 1.165) is 34.6 Å². The van der Waals surface area contributed by atoms with Gasteiger partial charge in [0.2, 0.25) is 0 Å². The second-order valence-electron chi connectivity index (χ2n) is 11.9. The minimum absolute atomic E-state index is 0.0118. The Morgan fingerprint density at radius 1 is 1.04 bits per heavy atom. The van der Waals surface area contributed by atoms with E-state index < -0.39 is 81.4 Å². The highest BCUT2D eigenvalue weighted by Crippen LogP contribution is 2.58. The van der Waals surface area contributed by atoms with E-state index >= 15 is 4.39 Å². The SMILES string of the molecule is O=c1c2ncn([C@@H]3O[C@@H]4COP(=O)(S)O[C@H]5[C@@H](F)[C@H](n6cc7c8c(ncnc86)SCCC7)O[C@@H]5COP(O)(=S)O[C@@H]3[C@@H]4O)c2ncn1CCO. The summed E-state index contributed by atoms with van der Waals surface area (Å²) in [7, 11) is 0. The van der Waals surface area contributed by atoms with Crippen molar-refractivity contribution in [2.24, 2.45) is 0 Å². The van der Waals surface area contributed by atoms with E-state index in [4.69, 9.17) is 39.4 Å². The summed E-state index contributed by atoms with van der Waals surface area (Å²) in [5.41, 5.74) is 0.807. The Labute approximate surface area is 296 Å². The summed E-state index contributed by atoms with van der Waals surface area (Å²) in [6, 6.07) is 0. The lowest BCUT2D eigenvalue weighted by Crippen LogP contribution is -2.35. The molecule has 0 spiro atoms. The first-order valence-electron chi connectivity index (χ1n) is 15.4. The molecule has 4 aromatic heterocycles. The van der Waals surface area contributed by atoms with Crippen LogP contribution >= 0.6 is 37.5 Å². The number of nitrogens with zero attached hydrogens (tertiary/aromatic N) is 7. The molecule has 8 heterocycles. The lowest BCUT2D eigenvalue weighted by atomic mass is 10.1. The third-order valence-corrected chi connectivity index (χ3v) is 13.1. The highest BCUT2D eigenvalue weighted by Gasteiger charge is 2.53. The number of fused-ring (bicyclic) bond motifs is 4. The number of aryl methyl sites for hydroxylation is 1. The van der Waals surface area contributed by atoms with Crippen molar-refractivity contribution in [1.82, 2.24) is 33.6 Å². The monoisotopic (exact) mass is 793 g/mol. The van der Waals surface area contributed by atoms with Gasteiger partial charge >= 0.3 is 13.5 Å². The van der Waals surface area contributed by atoms with Crippen LogP contribution in [0.4, 0.5) is 4.39 Å². The molecule has 4 aliphatic heterocycles. The van der Waals surface area contributed by atoms with Crippen LogP contribution in [-0.2, 0) is 56.9 Å². The topological polar surface area (TPSA) is 217 Å². The maximum absolute atomic E-state index is 16.4. The van der Waals surface area contributed by atoms with Gasteiger partial charge in [-0.1, -0.05) is 12.2 Å². The van der Waals surface area contributed by atoms with E-state index in [-0.39, 0.29) is 24.3 Å². The molecule has 50 heavy (non-hydrogen) atoms. The molecule has 2 bridgehead atoms. The molecule has 0 radical (unpaired) electrons. The van der Waals surface area contributed by atoms with Crippen LogP contribution in [-0.4, -0.2) is 111 Å². The number of imidazole rings is 1. The quantitative estimate of drug-likeness (QED) is 0.131. The smallest absolute Gasteiger partial charge is 0.386 e. The molecule has 270 valence electrons. The zero-order valence-electron chi connectivity index (χ0n) is 25.7. The number of thiol groups is 1. The molecule has 0 aliphatic carbocycles. The van der Waals surface area contributed by atoms with Crippen molar-refractivity contribution in [3.63, 3.8) is 0 Å². The first-order chi connectivity index (χ1) is 23.9. The Morgan fingerprint density at radius 2 is 1.84 bits per heavy atom. The van der Waals surface area contributed by atoms with Crippen LogP contribution in [0.2, 0.25) is 0 Å². The zero-order chi connectivity index (χ0) is 34.9. The molecule has 0 amide bonds. The molecule has 18 nitrogen and oxygen atoms in total. The van der Waals surface area contributed by atoms with Crippen LogP contribution in [0.3, 0.4) is 0 Å². The van der Waals surface area contributed by atoms with Crippen molar-refractivity contribution in [2.75, 3.05) is 25.6 Å². The summed E-state index contributed by atoms with van der Waals surface area (Å²) in [6.45, 7) is -10.1. The van der Waals surface area contributed by atoms with Crippen molar-refractivity contribution in [1.29, 1.82) is 0 Å². The van der Waals surface area contributed by atoms with E-state index in [0.29, 0.717) is 5.65 Å². The summed E-state index contributed by atoms with van der Waals surface area (Å²) >= 11 is 11.0. The van der Waals surface area contributed by atoms with Gasteiger partial charge in [-0.2, -0.15) is 0 Å². The molecule has 2 unspecified atom stereocenters. The van der Waals surface area contributed by atoms with Gasteiger partial charge in [0.1, 0.15) is 53.8 Å². The molecule has 4 aliphatic rings. The molecule has 0 saturated carbocycles. The number of aromatic nitrogens is 7. The Kier molecular flexibility index (Phi) is 9.50. The van der Waals surface area contributed by atoms with Crippen molar-refractivity contribution >= 4 is 71.5 Å². The van der Waals surface area contributed by atoms with Gasteiger partial charge in [-0.05, 0) is 36.0 Å². The second-order valence-corrected chi connectivity index (χ2v) is 18.7. The number of hydrogen-bond donors (Lipinski definition) is 4. The first kappa shape index (κ1) is 35.2. The van der Waals surface area contributed by atoms with E-state index in [1.54, 1.807) is 22.5 Å². The molecule has 0 aromatic carbocycles. The molecular formula is C26H30FN7O11P2S3. The molecule has 24 heteroatoms. The van der Waals surface area contributed by atoms with Gasteiger partial charge in [-0.25, -0.2) is 28.9 Å². The fourth-order valence-electron chi connectivity index (χ4n) is 6.53. The van der Waals surface area contributed by atoms with Crippen LogP contribution in [0, 0.1) is 0 Å². The van der Waals surface area contributed by atoms with Crippen molar-refractivity contribution in [3.8, 4) is 0 Å². The Hall–Kier alpha value is -1.88. The normalized spacial score (nSPS) is 36.5. The van der Waals surface area contributed by atoms with Gasteiger partial charge in [0.05, 0.1) is 38.1 Å². The highest BCUT2D eigenvalue weighted by molar-refractivity contribution is 8.44. The highest BCUT2D eigenvalue weighted by atomic mass is 32.7. The molecule has 10 atom stereocenters. The summed E-state index contributed by atoms with van der Waals surface area (Å²) in [5.74, 6) is 0.876. The van der Waals surface area contributed by atoms with Gasteiger partial charge in [-0.3, -0.25) is 27.5 Å². The van der Waals surface area contributed by atoms with Gasteiger partial charge in [0, 0.05) is 6.20 Å². The van der Waals surface area contributed by atoms with Gasteiger partial charge < -0.3 is 33.7 Å². The maximum Gasteiger partial charge on any atom is 0.386 e. The van der Waals surface area contributed by atoms with Crippen molar-refractivity contribution in [2.45, 2.75) is 73.6 Å². The van der Waals surface area contributed by atoms with Gasteiger partial charge in [0.15, 0.2) is 29.8 Å². The standard InChI is InChI=1S/C26H30FN7O11P2S3/c27-16-19-14(43-25(16)33-6-12-2-1-5-50-23-15(12)21(33)28-9-29-23)8-41-47(39,49)45-20-18(36)13(7-40-46(38,48)44-19)42-26(20)34-11-30-17-22(34)31-10-32(3-4-35)24(17)37/h6,9-11,13-14,16,18-20,25-26,35-36H,1-5,7-8H2,(H,38,48)(H,39,49)/t13-,14-,16-,18-,19-,20-,25-,26-,46?,47?/m1/s1. The van der Waals surface area contributed by atoms with E-state index in [9.17, 15) is 24.5 Å². The number of ether oxygens (including phenoxy) is 2. The number of thioether (sulfide) groups is 1. The lowest BCUT2D eigenvalue weighted by Gasteiger charge is -2.27. The van der Waals surface area contributed by atoms with E-state index in [1.807, 2.05) is 0 Å². The van der Waals surface area contributed by atoms with Crippen LogP contribution in [0.25, 0.3) is 22.2 Å². The molecule has 8 rings (SSSR count). The van der Waals surface area contributed by atoms with Gasteiger partial charge in [0.25, 0.3) is 5.56 Å². The summed E-state index contributed by atoms with van der Waals surface area (Å²) in [4.78, 5) is 41.3. The number of rotatable bonds is 4. The third kappa shape index (κ3) is 6.30. The number of alkyl halides is 1. The Morgan fingerprint density at radius 3 is 2.66 bits per heavy atom. The predicted octanol–water partition coefficient (Wildman–Crippen LogP) is 1.63. The molecule has 3 saturated heterocycles. The molecular weight excluding hydrogens is 763 g/mol. The largest absolute Gasteiger partial charge is 0.395 e. The van der Waals surface area contributed by atoms with Crippen LogP contribution in [0.5, 0.6) is 0 Å². The number of aliphatic hydroxyl groups excluding tert-OH is 2. The van der Waals surface area contributed by atoms with Crippen LogP contribution in [0.15, 0.2) is 35.0 Å². The van der Waals surface area contributed by atoms with Crippen LogP contribution in [0.1, 0.15) is 24.4 Å². The van der Waals surface area contributed by atoms with E-state index in [2.05, 4.69) is 32.2 Å². The second kappa shape index (κ2) is 13.5. The van der Waals surface area contributed by atoms with E-state index in [1.165, 1.54) is 28.1 Å². The summed E-state index contributed by atoms with van der Waals surface area (Å²) < 4.78 is 68.7. The van der Waals surface area contributed by atoms with Crippen molar-refractivity contribution in [3.05, 3.63) is 41.1 Å². The first-order valence-corrected chi connectivity index (χ1v) is 21.7. The third-order valence-electron chi connectivity index (χ3n) is 8.82. The fourth-order valence-corrected chi connectivity index (χ4v) is 10.4. The fraction of sp³-hybridized carbons (Fsp3) is 0.577. The average Bonchev–Trinajstić information content (AvgIpc) is 3.78. The minimum atomic E-state index is -4.39. The lowest BCUT2D eigenvalue weighted by molar-refractivity contribution is -0.0586. The number of aliphatic hydroxyl groups is 2. The summed E-state index contributed by atoms with van der Waals surface area (Å²) in [6.07, 6.45) is -4.52. The minimum Gasteiger partial charge on any atom is -0.395 e. The number of halogens is 1. The molecule has 3 N–H and O–H groups in total. The van der Waals surface area contributed by atoms with Crippen molar-refractivity contribution < 1.29 is 51.6 Å². The summed E-state index contributed by atoms with van der Waals surface area (Å²) in [5, 5.41) is 22.1. The van der Waals surface area contributed by atoms with Crippen LogP contribution < -0.4 is 5.56 Å². The Bertz CT molecular complexity index is 2110. The Balaban J connectivity index is 1.10.